The van der Waals surface area contributed by atoms with E-state index >= 15 is 0 Å². The van der Waals surface area contributed by atoms with Crippen LogP contribution in [-0.4, -0.2) is 19.8 Å². The molecule has 0 unspecified atom stereocenters. The van der Waals surface area contributed by atoms with Crippen LogP contribution in [-0.2, 0) is 0 Å². The molecule has 0 aromatic rings. The molecule has 0 heterocycles. The predicted molar refractivity (Wildman–Crippen MR) is 69.3 cm³/mol. The van der Waals surface area contributed by atoms with Crippen LogP contribution in [0.15, 0.2) is 0 Å². The summed E-state index contributed by atoms with van der Waals surface area (Å²) < 4.78 is 0. The normalized spacial score (nSPS) is 39.5. The standard InChI is InChI=1S/C8H12Br4/c9-4-8(12)5-1-2-6(10)7(11)3-5/h5-8H,1-4H2/t5-,6-,7-,8+/m0/s1. The van der Waals surface area contributed by atoms with Crippen molar-refractivity contribution in [1.29, 1.82) is 0 Å². The minimum atomic E-state index is 0.637. The number of rotatable bonds is 2. The summed E-state index contributed by atoms with van der Waals surface area (Å²) in [7, 11) is 0. The van der Waals surface area contributed by atoms with Gasteiger partial charge in [0, 0.05) is 19.8 Å². The van der Waals surface area contributed by atoms with Crippen LogP contribution in [0, 0.1) is 5.92 Å². The van der Waals surface area contributed by atoms with E-state index in [2.05, 4.69) is 63.7 Å². The molecule has 0 bridgehead atoms. The number of alkyl halides is 4. The second kappa shape index (κ2) is 5.72. The molecule has 0 aromatic carbocycles. The average molecular weight is 428 g/mol. The molecular weight excluding hydrogens is 416 g/mol. The lowest BCUT2D eigenvalue weighted by Crippen LogP contribution is -2.30. The van der Waals surface area contributed by atoms with Gasteiger partial charge in [0.2, 0.25) is 0 Å². The average Bonchev–Trinajstić information content (AvgIpc) is 2.08. The molecule has 1 rings (SSSR count). The van der Waals surface area contributed by atoms with E-state index in [1.54, 1.807) is 0 Å². The molecule has 4 atom stereocenters. The van der Waals surface area contributed by atoms with Gasteiger partial charge >= 0.3 is 0 Å². The predicted octanol–water partition coefficient (Wildman–Crippen LogP) is 4.47. The first kappa shape index (κ1) is 12.0. The molecule has 4 heteroatoms. The quantitative estimate of drug-likeness (QED) is 0.570. The highest BCUT2D eigenvalue weighted by Crippen LogP contribution is 2.37. The molecule has 1 aliphatic rings. The van der Waals surface area contributed by atoms with Gasteiger partial charge in [0.1, 0.15) is 0 Å². The maximum atomic E-state index is 3.71. The van der Waals surface area contributed by atoms with Crippen molar-refractivity contribution < 1.29 is 0 Å². The fraction of sp³-hybridized carbons (Fsp3) is 1.00. The van der Waals surface area contributed by atoms with Crippen LogP contribution in [0.4, 0.5) is 0 Å². The Labute approximate surface area is 108 Å². The fourth-order valence-electron chi connectivity index (χ4n) is 1.56. The summed E-state index contributed by atoms with van der Waals surface area (Å²) in [5.74, 6) is 0.822. The third kappa shape index (κ3) is 3.25. The van der Waals surface area contributed by atoms with Crippen LogP contribution >= 0.6 is 63.7 Å². The minimum Gasteiger partial charge on any atom is -0.0916 e. The lowest BCUT2D eigenvalue weighted by Gasteiger charge is -2.32. The molecule has 0 aromatic heterocycles. The summed E-state index contributed by atoms with van der Waals surface area (Å²) >= 11 is 14.6. The van der Waals surface area contributed by atoms with E-state index in [-0.39, 0.29) is 0 Å². The summed E-state index contributed by atoms with van der Waals surface area (Å²) in [6, 6.07) is 0. The van der Waals surface area contributed by atoms with Crippen molar-refractivity contribution in [3.8, 4) is 0 Å². The van der Waals surface area contributed by atoms with Crippen LogP contribution in [0.1, 0.15) is 19.3 Å². The molecule has 1 aliphatic carbocycles. The van der Waals surface area contributed by atoms with Crippen LogP contribution in [0.2, 0.25) is 0 Å². The zero-order valence-electron chi connectivity index (χ0n) is 6.65. The summed E-state index contributed by atoms with van der Waals surface area (Å²) in [5.41, 5.74) is 0. The highest BCUT2D eigenvalue weighted by Gasteiger charge is 2.30. The molecule has 1 saturated carbocycles. The van der Waals surface area contributed by atoms with Crippen molar-refractivity contribution in [3.05, 3.63) is 0 Å². The Morgan fingerprint density at radius 3 is 2.33 bits per heavy atom. The van der Waals surface area contributed by atoms with Gasteiger partial charge in [-0.05, 0) is 25.2 Å². The first-order valence-electron chi connectivity index (χ1n) is 4.13. The lowest BCUT2D eigenvalue weighted by atomic mass is 9.87. The second-order valence-corrected chi connectivity index (χ2v) is 7.45. The van der Waals surface area contributed by atoms with Gasteiger partial charge in [-0.3, -0.25) is 0 Å². The van der Waals surface area contributed by atoms with Crippen molar-refractivity contribution in [2.75, 3.05) is 5.33 Å². The third-order valence-electron chi connectivity index (χ3n) is 2.39. The highest BCUT2D eigenvalue weighted by atomic mass is 79.9. The first-order valence-corrected chi connectivity index (χ1v) is 8.00. The van der Waals surface area contributed by atoms with Crippen molar-refractivity contribution in [3.63, 3.8) is 0 Å². The van der Waals surface area contributed by atoms with Crippen molar-refractivity contribution in [2.24, 2.45) is 5.92 Å². The second-order valence-electron chi connectivity index (χ2n) is 3.28. The smallest absolute Gasteiger partial charge is 0.0274 e. The summed E-state index contributed by atoms with van der Waals surface area (Å²) in [6.07, 6.45) is 3.90. The van der Waals surface area contributed by atoms with Crippen LogP contribution < -0.4 is 0 Å². The van der Waals surface area contributed by atoms with Gasteiger partial charge in [0.15, 0.2) is 0 Å². The number of hydrogen-bond donors (Lipinski definition) is 0. The maximum absolute atomic E-state index is 3.71. The van der Waals surface area contributed by atoms with Gasteiger partial charge in [0.25, 0.3) is 0 Å². The summed E-state index contributed by atoms with van der Waals surface area (Å²) in [4.78, 5) is 1.96. The third-order valence-corrected chi connectivity index (χ3v) is 7.85. The molecule has 0 radical (unpaired) electrons. The van der Waals surface area contributed by atoms with Crippen LogP contribution in [0.3, 0.4) is 0 Å². The largest absolute Gasteiger partial charge is 0.0916 e. The molecule has 0 nitrogen and oxygen atoms in total. The van der Waals surface area contributed by atoms with Crippen LogP contribution in [0.25, 0.3) is 0 Å². The lowest BCUT2D eigenvalue weighted by molar-refractivity contribution is 0.383. The molecule has 0 aliphatic heterocycles. The number of hydrogen-bond acceptors (Lipinski definition) is 0. The Balaban J connectivity index is 2.39. The molecule has 0 amide bonds. The Hall–Kier alpha value is 1.92. The Morgan fingerprint density at radius 2 is 1.83 bits per heavy atom. The zero-order valence-corrected chi connectivity index (χ0v) is 13.0. The van der Waals surface area contributed by atoms with E-state index in [4.69, 9.17) is 0 Å². The Kier molecular flexibility index (Phi) is 5.71. The molecular formula is C8H12Br4. The van der Waals surface area contributed by atoms with Gasteiger partial charge in [0.05, 0.1) is 0 Å². The fourth-order valence-corrected chi connectivity index (χ4v) is 3.80. The zero-order chi connectivity index (χ0) is 9.14. The molecule has 0 N–H and O–H groups in total. The van der Waals surface area contributed by atoms with Gasteiger partial charge in [-0.2, -0.15) is 0 Å². The van der Waals surface area contributed by atoms with Crippen molar-refractivity contribution in [1.82, 2.24) is 0 Å². The molecule has 12 heavy (non-hydrogen) atoms. The topological polar surface area (TPSA) is 0 Å². The van der Waals surface area contributed by atoms with E-state index in [9.17, 15) is 0 Å². The number of halogens is 4. The van der Waals surface area contributed by atoms with E-state index in [1.807, 2.05) is 0 Å². The first-order chi connectivity index (χ1) is 5.65. The van der Waals surface area contributed by atoms with E-state index in [0.717, 1.165) is 11.2 Å². The highest BCUT2D eigenvalue weighted by molar-refractivity contribution is 9.12. The van der Waals surface area contributed by atoms with Gasteiger partial charge in [-0.15, -0.1) is 0 Å². The summed E-state index contributed by atoms with van der Waals surface area (Å²) in [5, 5.41) is 1.06. The van der Waals surface area contributed by atoms with Gasteiger partial charge in [-0.1, -0.05) is 63.7 Å². The monoisotopic (exact) mass is 424 g/mol. The van der Waals surface area contributed by atoms with Gasteiger partial charge in [-0.25, -0.2) is 0 Å². The van der Waals surface area contributed by atoms with E-state index in [0.29, 0.717) is 14.5 Å². The van der Waals surface area contributed by atoms with Crippen molar-refractivity contribution >= 4 is 63.7 Å². The molecule has 0 spiro atoms. The SMILES string of the molecule is BrC[C@@H](Br)[C@H]1CC[C@H](Br)[C@@H](Br)C1. The molecule has 1 fully saturated rings. The van der Waals surface area contributed by atoms with E-state index in [1.165, 1.54) is 19.3 Å². The van der Waals surface area contributed by atoms with Gasteiger partial charge < -0.3 is 0 Å². The van der Waals surface area contributed by atoms with Crippen molar-refractivity contribution in [2.45, 2.75) is 33.7 Å². The molecule has 72 valence electrons. The summed E-state index contributed by atoms with van der Waals surface area (Å²) in [6.45, 7) is 0. The van der Waals surface area contributed by atoms with E-state index < -0.39 is 0 Å². The maximum Gasteiger partial charge on any atom is 0.0274 e. The Bertz CT molecular complexity index is 139. The Morgan fingerprint density at radius 1 is 1.17 bits per heavy atom. The van der Waals surface area contributed by atoms with Crippen LogP contribution in [0.5, 0.6) is 0 Å². The minimum absolute atomic E-state index is 0.637. The molecule has 0 saturated heterocycles.